The molecule has 2 aromatic rings. The van der Waals surface area contributed by atoms with Crippen molar-refractivity contribution in [2.24, 2.45) is 0 Å². The Morgan fingerprint density at radius 2 is 2.00 bits per heavy atom. The Bertz CT molecular complexity index is 677. The fourth-order valence-electron chi connectivity index (χ4n) is 3.52. The number of rotatable bonds is 8. The standard InChI is InChI=1S/C18H27FN6O/c1-15-20-21-22-25(15)9-2-8-23-10-11-24(18(14-23)7-12-26)13-16-3-5-17(19)6-4-16/h3-6,18,26H,2,7-14H2,1H3. The van der Waals surface area contributed by atoms with Gasteiger partial charge in [0.25, 0.3) is 0 Å². The zero-order valence-electron chi connectivity index (χ0n) is 15.3. The quantitative estimate of drug-likeness (QED) is 0.758. The van der Waals surface area contributed by atoms with Crippen molar-refractivity contribution in [3.8, 4) is 0 Å². The van der Waals surface area contributed by atoms with Gasteiger partial charge in [0.2, 0.25) is 0 Å². The van der Waals surface area contributed by atoms with Crippen LogP contribution in [-0.4, -0.2) is 73.9 Å². The highest BCUT2D eigenvalue weighted by atomic mass is 19.1. The summed E-state index contributed by atoms with van der Waals surface area (Å²) in [5.74, 6) is 0.635. The maximum absolute atomic E-state index is 13.1. The average molecular weight is 362 g/mol. The fraction of sp³-hybridized carbons (Fsp3) is 0.611. The van der Waals surface area contributed by atoms with Crippen molar-refractivity contribution in [1.29, 1.82) is 0 Å². The molecule has 26 heavy (non-hydrogen) atoms. The lowest BCUT2D eigenvalue weighted by Gasteiger charge is -2.41. The number of halogens is 1. The molecule has 0 amide bonds. The number of tetrazole rings is 1. The molecular formula is C18H27FN6O. The number of aliphatic hydroxyl groups excluding tert-OH is 1. The second-order valence-corrected chi connectivity index (χ2v) is 6.87. The summed E-state index contributed by atoms with van der Waals surface area (Å²) >= 11 is 0. The highest BCUT2D eigenvalue weighted by molar-refractivity contribution is 5.16. The Kier molecular flexibility index (Phi) is 6.65. The lowest BCUT2D eigenvalue weighted by Crippen LogP contribution is -2.53. The number of hydrogen-bond donors (Lipinski definition) is 1. The minimum absolute atomic E-state index is 0.183. The molecule has 3 rings (SSSR count). The minimum atomic E-state index is -0.205. The van der Waals surface area contributed by atoms with E-state index in [0.717, 1.165) is 63.5 Å². The molecule has 8 heteroatoms. The predicted octanol–water partition coefficient (Wildman–Crippen LogP) is 1.08. The Hall–Kier alpha value is -1.90. The topological polar surface area (TPSA) is 70.3 Å². The molecular weight excluding hydrogens is 335 g/mol. The molecule has 1 saturated heterocycles. The highest BCUT2D eigenvalue weighted by Crippen LogP contribution is 2.17. The van der Waals surface area contributed by atoms with E-state index in [1.807, 2.05) is 23.7 Å². The van der Waals surface area contributed by atoms with E-state index in [2.05, 4.69) is 25.3 Å². The van der Waals surface area contributed by atoms with Crippen LogP contribution in [0.2, 0.25) is 0 Å². The van der Waals surface area contributed by atoms with Crippen LogP contribution in [0.15, 0.2) is 24.3 Å². The molecule has 1 aromatic heterocycles. The van der Waals surface area contributed by atoms with Gasteiger partial charge in [0.05, 0.1) is 0 Å². The molecule has 142 valence electrons. The van der Waals surface area contributed by atoms with Crippen LogP contribution in [0.5, 0.6) is 0 Å². The smallest absolute Gasteiger partial charge is 0.148 e. The lowest BCUT2D eigenvalue weighted by atomic mass is 10.1. The molecule has 1 atom stereocenters. The summed E-state index contributed by atoms with van der Waals surface area (Å²) < 4.78 is 14.9. The van der Waals surface area contributed by atoms with Crippen molar-refractivity contribution < 1.29 is 9.50 Å². The summed E-state index contributed by atoms with van der Waals surface area (Å²) in [5.41, 5.74) is 1.11. The normalized spacial score (nSPS) is 19.1. The minimum Gasteiger partial charge on any atom is -0.396 e. The van der Waals surface area contributed by atoms with Gasteiger partial charge in [0.1, 0.15) is 11.6 Å². The van der Waals surface area contributed by atoms with Gasteiger partial charge in [-0.15, -0.1) is 5.10 Å². The van der Waals surface area contributed by atoms with Crippen molar-refractivity contribution in [3.05, 3.63) is 41.5 Å². The van der Waals surface area contributed by atoms with Crippen LogP contribution in [0, 0.1) is 12.7 Å². The molecule has 1 fully saturated rings. The predicted molar refractivity (Wildman–Crippen MR) is 95.9 cm³/mol. The summed E-state index contributed by atoms with van der Waals surface area (Å²) in [6.45, 7) is 7.58. The number of nitrogens with zero attached hydrogens (tertiary/aromatic N) is 6. The number of aliphatic hydroxyl groups is 1. The summed E-state index contributed by atoms with van der Waals surface area (Å²) in [7, 11) is 0. The molecule has 1 aliphatic heterocycles. The second kappa shape index (κ2) is 9.16. The van der Waals surface area contributed by atoms with Crippen LogP contribution in [0.25, 0.3) is 0 Å². The van der Waals surface area contributed by atoms with E-state index in [0.29, 0.717) is 6.04 Å². The third-order valence-electron chi connectivity index (χ3n) is 5.01. The first-order valence-corrected chi connectivity index (χ1v) is 9.20. The molecule has 7 nitrogen and oxygen atoms in total. The molecule has 0 saturated carbocycles. The molecule has 0 bridgehead atoms. The molecule has 0 aliphatic carbocycles. The van der Waals surface area contributed by atoms with Crippen LogP contribution in [0.4, 0.5) is 4.39 Å². The first kappa shape index (κ1) is 18.9. The third-order valence-corrected chi connectivity index (χ3v) is 5.01. The Balaban J connectivity index is 1.50. The molecule has 2 heterocycles. The number of piperazine rings is 1. The summed E-state index contributed by atoms with van der Waals surface area (Å²) in [6, 6.07) is 7.01. The van der Waals surface area contributed by atoms with E-state index < -0.39 is 0 Å². The molecule has 0 spiro atoms. The van der Waals surface area contributed by atoms with Gasteiger partial charge in [-0.2, -0.15) is 0 Å². The van der Waals surface area contributed by atoms with Crippen LogP contribution in [0.1, 0.15) is 24.2 Å². The molecule has 1 aliphatic rings. The summed E-state index contributed by atoms with van der Waals surface area (Å²) in [5, 5.41) is 21.0. The number of aryl methyl sites for hydroxylation is 2. The van der Waals surface area contributed by atoms with Crippen LogP contribution in [-0.2, 0) is 13.1 Å². The van der Waals surface area contributed by atoms with E-state index in [1.165, 1.54) is 12.1 Å². The van der Waals surface area contributed by atoms with E-state index in [9.17, 15) is 9.50 Å². The van der Waals surface area contributed by atoms with Gasteiger partial charge in [-0.25, -0.2) is 9.07 Å². The average Bonchev–Trinajstić information content (AvgIpc) is 3.04. The van der Waals surface area contributed by atoms with E-state index in [-0.39, 0.29) is 12.4 Å². The van der Waals surface area contributed by atoms with Crippen LogP contribution < -0.4 is 0 Å². The lowest BCUT2D eigenvalue weighted by molar-refractivity contribution is 0.0525. The van der Waals surface area contributed by atoms with Crippen molar-refractivity contribution in [3.63, 3.8) is 0 Å². The van der Waals surface area contributed by atoms with Gasteiger partial charge in [-0.3, -0.25) is 4.90 Å². The number of benzene rings is 1. The van der Waals surface area contributed by atoms with E-state index in [1.54, 1.807) is 0 Å². The third kappa shape index (κ3) is 5.06. The Labute approximate surface area is 153 Å². The second-order valence-electron chi connectivity index (χ2n) is 6.87. The zero-order chi connectivity index (χ0) is 18.4. The fourth-order valence-corrected chi connectivity index (χ4v) is 3.52. The molecule has 1 unspecified atom stereocenters. The maximum Gasteiger partial charge on any atom is 0.148 e. The van der Waals surface area contributed by atoms with Crippen molar-refractivity contribution in [1.82, 2.24) is 30.0 Å². The van der Waals surface area contributed by atoms with Gasteiger partial charge in [-0.1, -0.05) is 12.1 Å². The highest BCUT2D eigenvalue weighted by Gasteiger charge is 2.26. The summed E-state index contributed by atoms with van der Waals surface area (Å²) in [4.78, 5) is 4.84. The van der Waals surface area contributed by atoms with Gasteiger partial charge in [-0.05, 0) is 47.9 Å². The van der Waals surface area contributed by atoms with E-state index in [4.69, 9.17) is 0 Å². The van der Waals surface area contributed by atoms with Gasteiger partial charge < -0.3 is 10.0 Å². The monoisotopic (exact) mass is 362 g/mol. The Morgan fingerprint density at radius 3 is 2.69 bits per heavy atom. The van der Waals surface area contributed by atoms with Gasteiger partial charge in [0, 0.05) is 51.9 Å². The first-order chi connectivity index (χ1) is 12.7. The van der Waals surface area contributed by atoms with Gasteiger partial charge in [0.15, 0.2) is 0 Å². The van der Waals surface area contributed by atoms with Crippen LogP contribution in [0.3, 0.4) is 0 Å². The molecule has 0 radical (unpaired) electrons. The van der Waals surface area contributed by atoms with Crippen molar-refractivity contribution in [2.75, 3.05) is 32.8 Å². The van der Waals surface area contributed by atoms with E-state index >= 15 is 0 Å². The molecule has 1 N–H and O–H groups in total. The SMILES string of the molecule is Cc1nnnn1CCCN1CCN(Cc2ccc(F)cc2)C(CCO)C1. The van der Waals surface area contributed by atoms with Crippen molar-refractivity contribution in [2.45, 2.75) is 38.9 Å². The first-order valence-electron chi connectivity index (χ1n) is 9.20. The van der Waals surface area contributed by atoms with Gasteiger partial charge >= 0.3 is 0 Å². The van der Waals surface area contributed by atoms with Crippen molar-refractivity contribution >= 4 is 0 Å². The largest absolute Gasteiger partial charge is 0.396 e. The number of hydrogen-bond acceptors (Lipinski definition) is 6. The zero-order valence-corrected chi connectivity index (χ0v) is 15.3. The summed E-state index contributed by atoms with van der Waals surface area (Å²) in [6.07, 6.45) is 1.75. The maximum atomic E-state index is 13.1. The number of aromatic nitrogens is 4. The molecule has 1 aromatic carbocycles. The van der Waals surface area contributed by atoms with Crippen LogP contribution >= 0.6 is 0 Å². The Morgan fingerprint density at radius 1 is 1.19 bits per heavy atom.